The number of fused-ring (bicyclic) bond motifs is 1. The van der Waals surface area contributed by atoms with Crippen molar-refractivity contribution in [2.75, 3.05) is 20.1 Å². The summed E-state index contributed by atoms with van der Waals surface area (Å²) >= 11 is 0. The summed E-state index contributed by atoms with van der Waals surface area (Å²) in [4.78, 5) is 0. The maximum absolute atomic E-state index is 6.10. The van der Waals surface area contributed by atoms with Gasteiger partial charge >= 0.3 is 0 Å². The highest BCUT2D eigenvalue weighted by atomic mass is 15.4. The fraction of sp³-hybridized carbons (Fsp3) is 0.333. The molecule has 2 atom stereocenters. The van der Waals surface area contributed by atoms with Crippen molar-refractivity contribution >= 4 is 11.3 Å². The Hall–Kier alpha value is -1.16. The van der Waals surface area contributed by atoms with Crippen molar-refractivity contribution in [1.82, 2.24) is 4.48 Å². The lowest BCUT2D eigenvalue weighted by Crippen LogP contribution is -2.60. The SMILES string of the molecule is C=C1C[N+](C)(C(N)CN)c2ccccc21. The summed E-state index contributed by atoms with van der Waals surface area (Å²) in [5.41, 5.74) is 15.4. The summed E-state index contributed by atoms with van der Waals surface area (Å²) in [6, 6.07) is 8.29. The molecule has 1 heterocycles. The van der Waals surface area contributed by atoms with E-state index in [9.17, 15) is 0 Å². The monoisotopic (exact) mass is 204 g/mol. The number of quaternary nitrogens is 1. The average Bonchev–Trinajstić information content (AvgIpc) is 2.52. The molecule has 1 aliphatic rings. The Morgan fingerprint density at radius 3 is 2.80 bits per heavy atom. The Kier molecular flexibility index (Phi) is 2.38. The fourth-order valence-corrected chi connectivity index (χ4v) is 2.31. The molecule has 3 nitrogen and oxygen atoms in total. The van der Waals surface area contributed by atoms with Gasteiger partial charge in [0.15, 0.2) is 6.17 Å². The van der Waals surface area contributed by atoms with Crippen molar-refractivity contribution in [1.29, 1.82) is 0 Å². The number of nitrogens with zero attached hydrogens (tertiary/aromatic N) is 1. The van der Waals surface area contributed by atoms with Crippen LogP contribution in [-0.2, 0) is 0 Å². The van der Waals surface area contributed by atoms with E-state index in [1.54, 1.807) is 0 Å². The second-order valence-electron chi connectivity index (χ2n) is 4.35. The van der Waals surface area contributed by atoms with E-state index < -0.39 is 0 Å². The lowest BCUT2D eigenvalue weighted by Gasteiger charge is -2.34. The van der Waals surface area contributed by atoms with Gasteiger partial charge in [-0.05, 0) is 12.1 Å². The molecule has 4 N–H and O–H groups in total. The quantitative estimate of drug-likeness (QED) is 0.703. The predicted octanol–water partition coefficient (Wildman–Crippen LogP) is 0.894. The van der Waals surface area contributed by atoms with Gasteiger partial charge in [0.05, 0.1) is 13.6 Å². The highest BCUT2D eigenvalue weighted by Gasteiger charge is 2.40. The van der Waals surface area contributed by atoms with E-state index in [4.69, 9.17) is 11.5 Å². The second kappa shape index (κ2) is 3.45. The van der Waals surface area contributed by atoms with Crippen LogP contribution in [0.3, 0.4) is 0 Å². The highest BCUT2D eigenvalue weighted by Crippen LogP contribution is 2.39. The lowest BCUT2D eigenvalue weighted by molar-refractivity contribution is 0.288. The zero-order valence-electron chi connectivity index (χ0n) is 9.11. The molecule has 15 heavy (non-hydrogen) atoms. The zero-order chi connectivity index (χ0) is 11.1. The normalized spacial score (nSPS) is 26.5. The number of benzene rings is 1. The summed E-state index contributed by atoms with van der Waals surface area (Å²) < 4.78 is 0.672. The molecule has 0 aliphatic carbocycles. The third-order valence-electron chi connectivity index (χ3n) is 3.33. The number of likely N-dealkylation sites (N-methyl/N-ethyl adjacent to an activating group) is 1. The van der Waals surface area contributed by atoms with Crippen molar-refractivity contribution in [2.45, 2.75) is 6.17 Å². The number of para-hydroxylation sites is 1. The maximum Gasteiger partial charge on any atom is 0.157 e. The van der Waals surface area contributed by atoms with Gasteiger partial charge in [-0.1, -0.05) is 18.7 Å². The van der Waals surface area contributed by atoms with Crippen LogP contribution < -0.4 is 16.0 Å². The molecule has 80 valence electrons. The minimum atomic E-state index is -0.0644. The Morgan fingerprint density at radius 1 is 1.47 bits per heavy atom. The summed E-state index contributed by atoms with van der Waals surface area (Å²) in [5.74, 6) is 0. The van der Waals surface area contributed by atoms with E-state index in [1.165, 1.54) is 11.3 Å². The molecule has 0 radical (unpaired) electrons. The number of rotatable bonds is 2. The summed E-state index contributed by atoms with van der Waals surface area (Å²) in [6.07, 6.45) is -0.0644. The Balaban J connectivity index is 2.52. The van der Waals surface area contributed by atoms with Gasteiger partial charge in [-0.25, -0.2) is 0 Å². The van der Waals surface area contributed by atoms with E-state index in [1.807, 2.05) is 12.1 Å². The van der Waals surface area contributed by atoms with Crippen LogP contribution in [0.4, 0.5) is 5.69 Å². The molecule has 0 amide bonds. The molecule has 1 aliphatic heterocycles. The van der Waals surface area contributed by atoms with Gasteiger partial charge in [0.2, 0.25) is 0 Å². The first-order valence-electron chi connectivity index (χ1n) is 5.18. The van der Waals surface area contributed by atoms with Crippen LogP contribution in [0.25, 0.3) is 5.57 Å². The molecule has 0 saturated heterocycles. The molecule has 0 spiro atoms. The molecule has 0 aromatic heterocycles. The molecular weight excluding hydrogens is 186 g/mol. The summed E-state index contributed by atoms with van der Waals surface area (Å²) in [5, 5.41) is 0. The third-order valence-corrected chi connectivity index (χ3v) is 3.33. The Bertz CT molecular complexity index is 400. The van der Waals surface area contributed by atoms with Gasteiger partial charge in [0.1, 0.15) is 12.2 Å². The van der Waals surface area contributed by atoms with Gasteiger partial charge in [-0.2, -0.15) is 0 Å². The van der Waals surface area contributed by atoms with Crippen LogP contribution in [0.5, 0.6) is 0 Å². The van der Waals surface area contributed by atoms with Crippen LogP contribution in [0.1, 0.15) is 5.56 Å². The number of hydrogen-bond acceptors (Lipinski definition) is 2. The Morgan fingerprint density at radius 2 is 2.13 bits per heavy atom. The summed E-state index contributed by atoms with van der Waals surface area (Å²) in [6.45, 7) is 5.44. The largest absolute Gasteiger partial charge is 0.324 e. The molecule has 1 aromatic carbocycles. The van der Waals surface area contributed by atoms with Gasteiger partial charge in [0, 0.05) is 11.1 Å². The minimum absolute atomic E-state index is 0.0644. The molecule has 2 unspecified atom stereocenters. The second-order valence-corrected chi connectivity index (χ2v) is 4.35. The predicted molar refractivity (Wildman–Crippen MR) is 65.1 cm³/mol. The molecule has 0 bridgehead atoms. The van der Waals surface area contributed by atoms with Crippen LogP contribution in [0, 0.1) is 0 Å². The van der Waals surface area contributed by atoms with Gasteiger partial charge in [-0.3, -0.25) is 10.2 Å². The van der Waals surface area contributed by atoms with Crippen molar-refractivity contribution < 1.29 is 0 Å². The topological polar surface area (TPSA) is 52.0 Å². The first kappa shape index (κ1) is 10.4. The van der Waals surface area contributed by atoms with Crippen LogP contribution in [0.2, 0.25) is 0 Å². The van der Waals surface area contributed by atoms with Crippen LogP contribution in [-0.4, -0.2) is 26.3 Å². The third kappa shape index (κ3) is 1.40. The average molecular weight is 204 g/mol. The van der Waals surface area contributed by atoms with E-state index in [2.05, 4.69) is 25.8 Å². The number of hydrogen-bond donors (Lipinski definition) is 2. The molecule has 0 saturated carbocycles. The standard InChI is InChI=1S/C12H18N3/c1-9-8-15(2,12(14)7-13)11-6-4-3-5-10(9)11/h3-6,12H,1,7-8,13-14H2,2H3/q+1. The maximum atomic E-state index is 6.10. The Labute approximate surface area is 90.6 Å². The van der Waals surface area contributed by atoms with E-state index in [-0.39, 0.29) is 6.17 Å². The number of nitrogens with two attached hydrogens (primary N) is 2. The van der Waals surface area contributed by atoms with Gasteiger partial charge in [0.25, 0.3) is 0 Å². The van der Waals surface area contributed by atoms with E-state index in [0.717, 1.165) is 12.1 Å². The summed E-state index contributed by atoms with van der Waals surface area (Å²) in [7, 11) is 2.12. The lowest BCUT2D eigenvalue weighted by atomic mass is 10.1. The van der Waals surface area contributed by atoms with Crippen molar-refractivity contribution in [3.8, 4) is 0 Å². The zero-order valence-corrected chi connectivity index (χ0v) is 9.11. The van der Waals surface area contributed by atoms with Gasteiger partial charge < -0.3 is 5.73 Å². The minimum Gasteiger partial charge on any atom is -0.324 e. The van der Waals surface area contributed by atoms with E-state index in [0.29, 0.717) is 11.0 Å². The molecule has 3 heteroatoms. The van der Waals surface area contributed by atoms with Crippen LogP contribution >= 0.6 is 0 Å². The molecule has 0 fully saturated rings. The molecular formula is C12H18N3+. The van der Waals surface area contributed by atoms with Gasteiger partial charge in [-0.15, -0.1) is 0 Å². The molecule has 2 rings (SSSR count). The van der Waals surface area contributed by atoms with Crippen molar-refractivity contribution in [3.05, 3.63) is 36.4 Å². The smallest absolute Gasteiger partial charge is 0.157 e. The fourth-order valence-electron chi connectivity index (χ4n) is 2.31. The van der Waals surface area contributed by atoms with E-state index >= 15 is 0 Å². The molecule has 1 aromatic rings. The first-order valence-corrected chi connectivity index (χ1v) is 5.18. The first-order chi connectivity index (χ1) is 7.09. The highest BCUT2D eigenvalue weighted by molar-refractivity contribution is 5.82. The van der Waals surface area contributed by atoms with Crippen LogP contribution in [0.15, 0.2) is 30.8 Å². The van der Waals surface area contributed by atoms with Crippen molar-refractivity contribution in [2.24, 2.45) is 11.5 Å². The van der Waals surface area contributed by atoms with Crippen molar-refractivity contribution in [3.63, 3.8) is 0 Å².